The van der Waals surface area contributed by atoms with Gasteiger partial charge in [-0.1, -0.05) is 0 Å². The van der Waals surface area contributed by atoms with Crippen LogP contribution in [-0.4, -0.2) is 57.5 Å². The van der Waals surface area contributed by atoms with Gasteiger partial charge in [0.15, 0.2) is 5.36 Å². The van der Waals surface area contributed by atoms with E-state index in [0.29, 0.717) is 12.1 Å². The summed E-state index contributed by atoms with van der Waals surface area (Å²) in [5, 5.41) is 38.3. The minimum absolute atomic E-state index is 0. The van der Waals surface area contributed by atoms with Crippen molar-refractivity contribution >= 4 is 62.4 Å². The smallest absolute Gasteiger partial charge is 0.319 e. The zero-order valence-corrected chi connectivity index (χ0v) is 22.0. The van der Waals surface area contributed by atoms with Crippen LogP contribution < -0.4 is 32.4 Å². The summed E-state index contributed by atoms with van der Waals surface area (Å²) in [6.07, 6.45) is 0. The number of nitro groups is 2. The summed E-state index contributed by atoms with van der Waals surface area (Å²) in [6.45, 7) is 0. The van der Waals surface area contributed by atoms with Crippen LogP contribution in [0.5, 0.6) is 5.75 Å². The second kappa shape index (κ2) is 12.6. The molecular formula is C18H12CuN6NaO10S. The second-order valence-corrected chi connectivity index (χ2v) is 8.00. The Bertz CT molecular complexity index is 1690. The first-order valence-electron chi connectivity index (χ1n) is 9.06. The molecule has 37 heavy (non-hydrogen) atoms. The van der Waals surface area contributed by atoms with Gasteiger partial charge in [-0.2, -0.15) is 18.6 Å². The molecule has 0 spiro atoms. The van der Waals surface area contributed by atoms with Gasteiger partial charge in [0.25, 0.3) is 15.8 Å². The molecule has 0 aliphatic heterocycles. The molecule has 0 atom stereocenters. The van der Waals surface area contributed by atoms with Crippen molar-refractivity contribution in [3.05, 3.63) is 99.9 Å². The molecule has 0 aliphatic carbocycles. The maximum absolute atomic E-state index is 12.6. The molecule has 0 amide bonds. The molecule has 4 N–H and O–H groups in total. The SMILES string of the molecule is O=c1cc/c(=N\Nc2ccc(S(=O)(=O)O)cc2)c(=O)/c1=N/Nc1cc([N+](=O)[O-])cc([N+](=O)[O-])c1O.[Cu].[Na]. The predicted octanol–water partition coefficient (Wildman–Crippen LogP) is -0.476. The summed E-state index contributed by atoms with van der Waals surface area (Å²) in [6, 6.07) is 7.84. The number of nitro benzene ring substituents is 2. The van der Waals surface area contributed by atoms with Crippen molar-refractivity contribution in [3.8, 4) is 5.75 Å². The fourth-order valence-corrected chi connectivity index (χ4v) is 3.09. The van der Waals surface area contributed by atoms with Crippen LogP contribution in [0.25, 0.3) is 0 Å². The molecule has 0 saturated carbocycles. The third-order valence-corrected chi connectivity index (χ3v) is 5.17. The zero-order chi connectivity index (χ0) is 25.9. The molecule has 0 saturated heterocycles. The Morgan fingerprint density at radius 2 is 1.51 bits per heavy atom. The molecule has 3 rings (SSSR count). The molecule has 0 heterocycles. The van der Waals surface area contributed by atoms with Crippen molar-refractivity contribution in [1.29, 1.82) is 0 Å². The topological polar surface area (TPSA) is 244 Å². The Hall–Kier alpha value is -3.51. The third-order valence-electron chi connectivity index (χ3n) is 4.30. The Kier molecular flexibility index (Phi) is 10.8. The van der Waals surface area contributed by atoms with Crippen molar-refractivity contribution in [1.82, 2.24) is 0 Å². The number of anilines is 2. The van der Waals surface area contributed by atoms with Crippen LogP contribution in [0, 0.1) is 20.2 Å². The summed E-state index contributed by atoms with van der Waals surface area (Å²) in [5.74, 6) is -1.01. The molecule has 192 valence electrons. The maximum Gasteiger partial charge on any atom is 0.319 e. The first-order chi connectivity index (χ1) is 16.4. The molecule has 0 fully saturated rings. The molecular weight excluding hydrogens is 579 g/mol. The van der Waals surface area contributed by atoms with Crippen LogP contribution in [0.3, 0.4) is 0 Å². The summed E-state index contributed by atoms with van der Waals surface area (Å²) in [5.41, 5.74) is 0.437. The number of benzene rings is 3. The van der Waals surface area contributed by atoms with Crippen molar-refractivity contribution in [3.63, 3.8) is 0 Å². The van der Waals surface area contributed by atoms with Crippen LogP contribution in [-0.2, 0) is 27.2 Å². The first-order valence-corrected chi connectivity index (χ1v) is 10.5. The third kappa shape index (κ3) is 7.49. The Morgan fingerprint density at radius 3 is 2.05 bits per heavy atom. The van der Waals surface area contributed by atoms with Crippen LogP contribution >= 0.6 is 0 Å². The van der Waals surface area contributed by atoms with Gasteiger partial charge in [-0.25, -0.2) is 0 Å². The van der Waals surface area contributed by atoms with Gasteiger partial charge in [0.1, 0.15) is 11.0 Å². The van der Waals surface area contributed by atoms with E-state index in [1.54, 1.807) is 0 Å². The number of hydrogen-bond acceptors (Lipinski definition) is 13. The van der Waals surface area contributed by atoms with Gasteiger partial charge in [-0.05, 0) is 36.4 Å². The van der Waals surface area contributed by atoms with Gasteiger partial charge in [-0.15, -0.1) is 0 Å². The number of non-ortho nitro benzene ring substituents is 1. The Labute approximate surface area is 237 Å². The van der Waals surface area contributed by atoms with Crippen LogP contribution in [0.4, 0.5) is 22.7 Å². The molecule has 19 heteroatoms. The molecule has 0 unspecified atom stereocenters. The number of nitrogens with one attached hydrogen (secondary N) is 2. The molecule has 3 aromatic carbocycles. The van der Waals surface area contributed by atoms with E-state index in [9.17, 15) is 43.3 Å². The number of rotatable bonds is 7. The number of nitrogens with zero attached hydrogens (tertiary/aromatic N) is 4. The standard InChI is InChI=1S/C18H12N6O10S.Cu.Na/c25-15-6-5-12(20-19-9-1-3-11(4-2-9)35(32,33)34)18(27)16(15)22-21-13-7-10(23(28)29)8-14(17(13)26)24(30)31;;/h1-8,19,21,26H,(H,32,33,34);;/b20-12+,22-16+;;. The summed E-state index contributed by atoms with van der Waals surface area (Å²) < 4.78 is 31.1. The summed E-state index contributed by atoms with van der Waals surface area (Å²) >= 11 is 0. The van der Waals surface area contributed by atoms with E-state index < -0.39 is 59.0 Å². The van der Waals surface area contributed by atoms with Crippen LogP contribution in [0.2, 0.25) is 0 Å². The minimum atomic E-state index is -4.41. The summed E-state index contributed by atoms with van der Waals surface area (Å²) in [4.78, 5) is 44.3. The predicted molar refractivity (Wildman–Crippen MR) is 123 cm³/mol. The zero-order valence-electron chi connectivity index (χ0n) is 18.3. The molecule has 0 aliphatic rings. The van der Waals surface area contributed by atoms with E-state index in [1.165, 1.54) is 12.1 Å². The van der Waals surface area contributed by atoms with E-state index in [2.05, 4.69) is 15.6 Å². The first kappa shape index (κ1) is 31.5. The Balaban J connectivity index is 0.00000342. The van der Waals surface area contributed by atoms with Gasteiger partial charge in [-0.3, -0.25) is 45.2 Å². The normalized spacial score (nSPS) is 11.7. The van der Waals surface area contributed by atoms with Gasteiger partial charge < -0.3 is 5.11 Å². The van der Waals surface area contributed by atoms with E-state index in [-0.39, 0.29) is 62.6 Å². The maximum atomic E-state index is 12.6. The fourth-order valence-electron chi connectivity index (χ4n) is 2.61. The fraction of sp³-hybridized carbons (Fsp3) is 0. The van der Waals surface area contributed by atoms with Crippen molar-refractivity contribution in [2.24, 2.45) is 10.2 Å². The summed E-state index contributed by atoms with van der Waals surface area (Å²) in [7, 11) is -4.41. The molecule has 16 nitrogen and oxygen atoms in total. The van der Waals surface area contributed by atoms with E-state index in [0.717, 1.165) is 24.3 Å². The molecule has 0 bridgehead atoms. The van der Waals surface area contributed by atoms with E-state index in [4.69, 9.17) is 4.55 Å². The molecule has 3 aromatic rings. The Morgan fingerprint density at radius 1 is 0.892 bits per heavy atom. The number of phenols is 1. The van der Waals surface area contributed by atoms with E-state index >= 15 is 0 Å². The van der Waals surface area contributed by atoms with Crippen LogP contribution in [0.1, 0.15) is 0 Å². The molecule has 2 radical (unpaired) electrons. The average molecular weight is 591 g/mol. The number of phenolic OH excluding ortho intramolecular Hbond substituents is 1. The van der Waals surface area contributed by atoms with E-state index in [1.807, 2.05) is 5.43 Å². The van der Waals surface area contributed by atoms with Crippen molar-refractivity contribution in [2.75, 3.05) is 10.9 Å². The van der Waals surface area contributed by atoms with Gasteiger partial charge in [0, 0.05) is 52.7 Å². The van der Waals surface area contributed by atoms with Crippen molar-refractivity contribution in [2.45, 2.75) is 4.90 Å². The second-order valence-electron chi connectivity index (χ2n) is 6.58. The van der Waals surface area contributed by atoms with Crippen molar-refractivity contribution < 1.29 is 45.0 Å². The quantitative estimate of drug-likeness (QED) is 0.0896. The number of hydrogen-bond donors (Lipinski definition) is 4. The van der Waals surface area contributed by atoms with Crippen LogP contribution in [0.15, 0.2) is 73.2 Å². The number of aromatic hydroxyl groups is 1. The monoisotopic (exact) mass is 590 g/mol. The average Bonchev–Trinajstić information content (AvgIpc) is 2.78. The molecule has 0 aromatic heterocycles. The minimum Gasteiger partial charge on any atom is -0.501 e. The van der Waals surface area contributed by atoms with Gasteiger partial charge >= 0.3 is 5.69 Å². The largest absolute Gasteiger partial charge is 0.501 e. The van der Waals surface area contributed by atoms with Gasteiger partial charge in [0.2, 0.25) is 16.6 Å². The van der Waals surface area contributed by atoms with Gasteiger partial charge in [0.05, 0.1) is 26.5 Å².